The van der Waals surface area contributed by atoms with Gasteiger partial charge in [-0.05, 0) is 83.3 Å². The van der Waals surface area contributed by atoms with Crippen LogP contribution in [0.15, 0.2) is 134 Å². The minimum Gasteiger partial charge on any atom is -0.508 e. The van der Waals surface area contributed by atoms with Crippen LogP contribution in [0.1, 0.15) is 113 Å². The van der Waals surface area contributed by atoms with Crippen LogP contribution in [0.4, 0.5) is 8.78 Å². The lowest BCUT2D eigenvalue weighted by Gasteiger charge is -2.38. The first kappa shape index (κ1) is 105. The number of hydrogen-bond donors (Lipinski definition) is 17. The van der Waals surface area contributed by atoms with Gasteiger partial charge in [-0.1, -0.05) is 131 Å². The van der Waals surface area contributed by atoms with Crippen LogP contribution in [0.25, 0.3) is 10.9 Å². The zero-order chi connectivity index (χ0) is 98.8. The number of unbranched alkanes of at least 4 members (excludes halogenated alkanes) is 1. The van der Waals surface area contributed by atoms with Gasteiger partial charge in [0.15, 0.2) is 11.6 Å². The first-order valence-electron chi connectivity index (χ1n) is 43.9. The van der Waals surface area contributed by atoms with E-state index in [-0.39, 0.29) is 42.6 Å². The van der Waals surface area contributed by atoms with Gasteiger partial charge in [0.1, 0.15) is 84.3 Å². The highest BCUT2D eigenvalue weighted by Crippen LogP contribution is 2.29. The van der Waals surface area contributed by atoms with Crippen molar-refractivity contribution in [3.05, 3.63) is 173 Å². The number of nitrogens with zero attached hydrogens (tertiary/aromatic N) is 5. The molecule has 5 aromatic carbocycles. The Balaban J connectivity index is 1.15. The number of nitrogens with two attached hydrogens (primary N) is 1. The molecule has 135 heavy (non-hydrogen) atoms. The van der Waals surface area contributed by atoms with Gasteiger partial charge in [-0.15, -0.1) is 11.8 Å². The number of rotatable bonds is 25. The fourth-order valence-electron chi connectivity index (χ4n) is 16.2. The Bertz CT molecular complexity index is 5310. The number of aromatic nitrogens is 1. The largest absolute Gasteiger partial charge is 0.508 e. The molecule has 0 spiro atoms. The van der Waals surface area contributed by atoms with Crippen molar-refractivity contribution in [2.75, 3.05) is 52.3 Å². The maximum absolute atomic E-state index is 15.7. The Kier molecular flexibility index (Phi) is 38.1. The number of amides is 15. The van der Waals surface area contributed by atoms with Crippen LogP contribution in [0, 0.1) is 17.6 Å². The maximum Gasteiger partial charge on any atom is 0.305 e. The van der Waals surface area contributed by atoms with Crippen molar-refractivity contribution < 1.29 is 126 Å². The SMILES string of the molecule is CCCC[C@H]1C(=O)N2C[C@H](O)C[C@@H]2C(=O)N[C@@H](CC(=O)O)C(=O)N[C@@H](C(C)C)C(=O)N(C)[C@@H](Cc2ccccc2)C(=O)N[C@@H](CCC(=O)O)C(=O)N2C[C@H](O)C[C@@H]2C(=O)N[C@@H](Cc2c[nH]c3ccccc23)C(=O)N[C@@H](Cc2ccc(O)cc2)C(=O)N[C@@H](CCC(=O)O)C(=O)N[C@H](C(=O)NCC(N)=O)CSCC(=O)N[C@@H](Cc2ccc(F)c(F)c2)C(=O)N(C)[C@@H](Cc2ccccc2)C(=O)N1C. The lowest BCUT2D eigenvalue weighted by atomic mass is 9.98. The monoisotopic (exact) mass is 1900 g/mol. The molecule has 6 aromatic rings. The average molecular weight is 1900 g/mol. The number of benzene rings is 5. The van der Waals surface area contributed by atoms with Crippen LogP contribution >= 0.6 is 11.8 Å². The third-order valence-electron chi connectivity index (χ3n) is 23.6. The number of aromatic hydroxyl groups is 1. The van der Waals surface area contributed by atoms with Crippen molar-refractivity contribution in [3.63, 3.8) is 0 Å². The van der Waals surface area contributed by atoms with Crippen molar-refractivity contribution in [1.82, 2.24) is 77.3 Å². The molecule has 0 radical (unpaired) electrons. The van der Waals surface area contributed by atoms with E-state index in [1.54, 1.807) is 91.9 Å². The summed E-state index contributed by atoms with van der Waals surface area (Å²) in [6.07, 6.45) is -8.57. The van der Waals surface area contributed by atoms with Crippen LogP contribution in [0.2, 0.25) is 0 Å². The molecule has 0 saturated carbocycles. The van der Waals surface area contributed by atoms with E-state index in [2.05, 4.69) is 52.8 Å². The van der Waals surface area contributed by atoms with Crippen LogP contribution in [-0.2, 0) is 118 Å². The number of nitrogens with one attached hydrogen (secondary N) is 10. The number of primary amides is 1. The third-order valence-corrected chi connectivity index (χ3v) is 24.6. The quantitative estimate of drug-likeness (QED) is 0.0338. The number of hydrogen-bond acceptors (Lipinski definition) is 22. The number of carboxylic acid groups (broad SMARTS) is 3. The van der Waals surface area contributed by atoms with Gasteiger partial charge in [0.25, 0.3) is 0 Å². The second kappa shape index (κ2) is 49.1. The maximum atomic E-state index is 15.7. The van der Waals surface area contributed by atoms with E-state index in [9.17, 15) is 78.2 Å². The molecule has 15 atom stereocenters. The van der Waals surface area contributed by atoms with Crippen LogP contribution < -0.4 is 53.6 Å². The number of carbonyl (C=O) groups is 18. The number of halogens is 2. The summed E-state index contributed by atoms with van der Waals surface area (Å²) in [4.78, 5) is 270. The summed E-state index contributed by atoms with van der Waals surface area (Å²) in [5.41, 5.74) is 7.32. The van der Waals surface area contributed by atoms with Crippen molar-refractivity contribution in [2.45, 2.75) is 208 Å². The first-order valence-corrected chi connectivity index (χ1v) is 45.1. The van der Waals surface area contributed by atoms with E-state index in [4.69, 9.17) is 5.73 Å². The summed E-state index contributed by atoms with van der Waals surface area (Å²) in [7, 11) is 3.59. The standard InChI is InChI=1S/C92H114F2N16O24S/c1-7-8-23-69-91(133)110-46-57(113)41-72(110)87(129)103-66(42-78(120)121)84(126)105-79(49(2)3)92(134)107(5)70(37-50-17-11-9-12-18-50)85(127)100-63(31-33-77(118)119)89(131)109-45-56(112)40-71(109)86(128)102-65(39-54-43-96-61-22-16-15-21-58(54)61)83(125)101-64(35-52-24-27-55(111)28-25-52)82(124)99-62(30-32-76(116)117)81(123)104-68(80(122)97-44-74(95)114)47-135-48-75(115)98-67(36-53-26-29-59(93)60(94)34-53)88(130)108(6)73(90(132)106(69)4)38-51-19-13-10-14-20-51/h9-22,24-29,34,43,49,56-57,62-73,79,96,111-113H,7-8,23,30-33,35-42,44-48H2,1-6H3,(H2,95,114)(H,97,122)(H,98,115)(H,99,124)(H,100,127)(H,101,125)(H,102,128)(H,103,129)(H,104,123)(H,105,126)(H,116,117)(H,118,119)(H,120,121)/t56-,57-,62+,63+,64+,65+,66+,67+,68+,69+,70+,71-,72-,73+,79+/m1/s1. The minimum atomic E-state index is -2.07. The number of H-pyrrole nitrogens is 1. The highest BCUT2D eigenvalue weighted by molar-refractivity contribution is 8.00. The molecule has 3 saturated heterocycles. The van der Waals surface area contributed by atoms with Gasteiger partial charge in [0, 0.05) is 115 Å². The summed E-state index contributed by atoms with van der Waals surface area (Å²) in [5, 5.41) is 86.8. The van der Waals surface area contributed by atoms with Crippen LogP contribution in [0.5, 0.6) is 5.75 Å². The average Bonchev–Trinajstić information content (AvgIpc) is 1.77. The molecule has 3 fully saturated rings. The molecular weight excluding hydrogens is 1780 g/mol. The Morgan fingerprint density at radius 3 is 1.56 bits per heavy atom. The highest BCUT2D eigenvalue weighted by Gasteiger charge is 2.48. The lowest BCUT2D eigenvalue weighted by Crippen LogP contribution is -2.62. The molecule has 9 rings (SSSR count). The molecular formula is C92H114F2N16O24S. The topological polar surface area (TPSA) is 595 Å². The Labute approximate surface area is 779 Å². The third kappa shape index (κ3) is 29.5. The number of fused-ring (bicyclic) bond motifs is 3. The Morgan fingerprint density at radius 2 is 0.985 bits per heavy atom. The van der Waals surface area contributed by atoms with E-state index in [1.165, 1.54) is 58.4 Å². The number of phenolic OH excluding ortho intramolecular Hbond substituents is 1. The normalized spacial score (nSPS) is 24.4. The van der Waals surface area contributed by atoms with Gasteiger partial charge in [-0.2, -0.15) is 0 Å². The van der Waals surface area contributed by atoms with Crippen molar-refractivity contribution in [1.29, 1.82) is 0 Å². The molecule has 40 nitrogen and oxygen atoms in total. The highest BCUT2D eigenvalue weighted by atomic mass is 32.2. The van der Waals surface area contributed by atoms with E-state index in [0.717, 1.165) is 49.7 Å². The number of aromatic amines is 1. The molecule has 1 aromatic heterocycles. The molecule has 3 aliphatic heterocycles. The number of para-hydroxylation sites is 1. The van der Waals surface area contributed by atoms with Crippen LogP contribution in [0.3, 0.4) is 0 Å². The molecule has 0 aliphatic carbocycles. The Morgan fingerprint density at radius 1 is 0.489 bits per heavy atom. The van der Waals surface area contributed by atoms with E-state index in [0.29, 0.717) is 45.8 Å². The van der Waals surface area contributed by atoms with Crippen molar-refractivity contribution >= 4 is 129 Å². The predicted molar refractivity (Wildman–Crippen MR) is 481 cm³/mol. The van der Waals surface area contributed by atoms with E-state index < -0.39 is 310 Å². The smallest absolute Gasteiger partial charge is 0.305 e. The second-order valence-electron chi connectivity index (χ2n) is 34.0. The van der Waals surface area contributed by atoms with Crippen LogP contribution in [-0.4, -0.2) is 310 Å². The Hall–Kier alpha value is -14.0. The van der Waals surface area contributed by atoms with Gasteiger partial charge >= 0.3 is 17.9 Å². The molecule has 3 aliphatic rings. The number of aliphatic hydroxyl groups is 2. The van der Waals surface area contributed by atoms with Gasteiger partial charge in [0.05, 0.1) is 30.9 Å². The van der Waals surface area contributed by atoms with Crippen molar-refractivity contribution in [3.8, 4) is 5.75 Å². The molecule has 15 amide bonds. The number of thioether (sulfide) groups is 1. The number of likely N-dealkylation sites (N-methyl/N-ethyl adjacent to an activating group) is 3. The zero-order valence-electron chi connectivity index (χ0n) is 75.1. The van der Waals surface area contributed by atoms with E-state index in [1.807, 2.05) is 0 Å². The molecule has 726 valence electrons. The summed E-state index contributed by atoms with van der Waals surface area (Å²) in [5.74, 6) is -26.6. The van der Waals surface area contributed by atoms with Gasteiger partial charge < -0.3 is 114 Å². The number of carboxylic acids is 3. The molecule has 18 N–H and O–H groups in total. The first-order chi connectivity index (χ1) is 64.1. The number of aliphatic carboxylic acids is 3. The number of phenols is 1. The molecule has 4 heterocycles. The van der Waals surface area contributed by atoms with Gasteiger partial charge in [0.2, 0.25) is 88.6 Å². The summed E-state index contributed by atoms with van der Waals surface area (Å²) in [6.45, 7) is 2.65. The molecule has 0 bridgehead atoms. The molecule has 43 heteroatoms. The van der Waals surface area contributed by atoms with E-state index >= 15 is 47.5 Å². The van der Waals surface area contributed by atoms with Gasteiger partial charge in [-0.25, -0.2) is 8.78 Å². The summed E-state index contributed by atoms with van der Waals surface area (Å²) >= 11 is 0.607. The number of aliphatic hydroxyl groups excluding tert-OH is 2. The summed E-state index contributed by atoms with van der Waals surface area (Å²) < 4.78 is 29.8. The second-order valence-corrected chi connectivity index (χ2v) is 35.0. The minimum absolute atomic E-state index is 0.0704. The fourth-order valence-corrected chi connectivity index (χ4v) is 17.1. The fraction of sp³-hybridized carbons (Fsp3) is 0.457. The van der Waals surface area contributed by atoms with Crippen molar-refractivity contribution in [2.24, 2.45) is 11.7 Å². The molecule has 0 unspecified atom stereocenters. The van der Waals surface area contributed by atoms with Gasteiger partial charge in [-0.3, -0.25) is 86.3 Å². The predicted octanol–water partition coefficient (Wildman–Crippen LogP) is -0.653. The zero-order valence-corrected chi connectivity index (χ0v) is 75.9. The lowest BCUT2D eigenvalue weighted by molar-refractivity contribution is -0.152. The number of carbonyl (C=O) groups excluding carboxylic acids is 15. The summed E-state index contributed by atoms with van der Waals surface area (Å²) in [6, 6.07) is 7.46.